The summed E-state index contributed by atoms with van der Waals surface area (Å²) in [5, 5.41) is 13.7. The first-order valence-electron chi connectivity index (χ1n) is 10.6. The number of carbonyl (C=O) groups excluding carboxylic acids is 1. The normalized spacial score (nSPS) is 14.0. The highest BCUT2D eigenvalue weighted by Gasteiger charge is 2.14. The van der Waals surface area contributed by atoms with Crippen LogP contribution >= 0.6 is 0 Å². The quantitative estimate of drug-likeness (QED) is 0.356. The van der Waals surface area contributed by atoms with Crippen LogP contribution in [0.15, 0.2) is 41.7 Å². The maximum absolute atomic E-state index is 12.2. The van der Waals surface area contributed by atoms with E-state index in [1.54, 1.807) is 6.20 Å². The molecule has 1 aliphatic rings. The number of ether oxygens (including phenoxy) is 2. The summed E-state index contributed by atoms with van der Waals surface area (Å²) in [4.78, 5) is 16.7. The van der Waals surface area contributed by atoms with Crippen LogP contribution in [0.25, 0.3) is 0 Å². The molecule has 0 spiro atoms. The molecule has 1 amide bonds. The minimum Gasteiger partial charge on any atom is -0.490 e. The fraction of sp³-hybridized carbons (Fsp3) is 0.500. The Bertz CT molecular complexity index is 874. The predicted molar refractivity (Wildman–Crippen MR) is 121 cm³/mol. The molecule has 0 saturated heterocycles. The SMILES string of the molecule is CC(C)(C)NC(=O)CN=C(NCCCn1cccn1)Nc1ccc2c(c1)OCCCO2. The van der Waals surface area contributed by atoms with Gasteiger partial charge in [0.15, 0.2) is 17.5 Å². The van der Waals surface area contributed by atoms with Crippen LogP contribution in [-0.2, 0) is 11.3 Å². The first-order valence-corrected chi connectivity index (χ1v) is 10.6. The summed E-state index contributed by atoms with van der Waals surface area (Å²) in [7, 11) is 0. The van der Waals surface area contributed by atoms with Gasteiger partial charge in [0.05, 0.1) is 13.2 Å². The summed E-state index contributed by atoms with van der Waals surface area (Å²) in [6.45, 7) is 8.59. The zero-order valence-corrected chi connectivity index (χ0v) is 18.5. The van der Waals surface area contributed by atoms with Crippen LogP contribution in [0.3, 0.4) is 0 Å². The number of amides is 1. The van der Waals surface area contributed by atoms with E-state index in [9.17, 15) is 4.79 Å². The molecule has 0 aliphatic carbocycles. The summed E-state index contributed by atoms with van der Waals surface area (Å²) in [6, 6.07) is 7.57. The van der Waals surface area contributed by atoms with Gasteiger partial charge in [-0.1, -0.05) is 0 Å². The molecule has 9 nitrogen and oxygen atoms in total. The van der Waals surface area contributed by atoms with E-state index < -0.39 is 0 Å². The zero-order chi connectivity index (χ0) is 22.1. The lowest BCUT2D eigenvalue weighted by Crippen LogP contribution is -2.42. The number of carbonyl (C=O) groups is 1. The fourth-order valence-electron chi connectivity index (χ4n) is 3.01. The third-order valence-corrected chi connectivity index (χ3v) is 4.32. The first kappa shape index (κ1) is 22.5. The summed E-state index contributed by atoms with van der Waals surface area (Å²) in [5.74, 6) is 1.83. The molecule has 168 valence electrons. The van der Waals surface area contributed by atoms with E-state index in [-0.39, 0.29) is 18.0 Å². The molecule has 0 radical (unpaired) electrons. The van der Waals surface area contributed by atoms with Gasteiger partial charge in [-0.2, -0.15) is 5.10 Å². The Morgan fingerprint density at radius 3 is 2.77 bits per heavy atom. The van der Waals surface area contributed by atoms with Crippen LogP contribution in [0.2, 0.25) is 0 Å². The number of aryl methyl sites for hydroxylation is 1. The van der Waals surface area contributed by atoms with Gasteiger partial charge in [0.2, 0.25) is 5.91 Å². The largest absolute Gasteiger partial charge is 0.490 e. The minimum atomic E-state index is -0.300. The number of hydrogen-bond donors (Lipinski definition) is 3. The van der Waals surface area contributed by atoms with Gasteiger partial charge in [-0.3, -0.25) is 9.48 Å². The van der Waals surface area contributed by atoms with Crippen molar-refractivity contribution in [3.8, 4) is 11.5 Å². The average Bonchev–Trinajstić information content (AvgIpc) is 3.11. The van der Waals surface area contributed by atoms with Crippen LogP contribution in [0, 0.1) is 0 Å². The molecular formula is C22H32N6O3. The second-order valence-electron chi connectivity index (χ2n) is 8.35. The topological polar surface area (TPSA) is 102 Å². The van der Waals surface area contributed by atoms with E-state index in [1.807, 2.05) is 55.9 Å². The average molecular weight is 429 g/mol. The Balaban J connectivity index is 1.63. The number of aromatic nitrogens is 2. The van der Waals surface area contributed by atoms with Gasteiger partial charge in [0.1, 0.15) is 6.54 Å². The summed E-state index contributed by atoms with van der Waals surface area (Å²) >= 11 is 0. The van der Waals surface area contributed by atoms with Gasteiger partial charge in [-0.25, -0.2) is 4.99 Å². The van der Waals surface area contributed by atoms with Crippen molar-refractivity contribution in [2.45, 2.75) is 45.7 Å². The van der Waals surface area contributed by atoms with Gasteiger partial charge in [0, 0.05) is 49.2 Å². The van der Waals surface area contributed by atoms with Crippen molar-refractivity contribution in [3.05, 3.63) is 36.7 Å². The molecule has 1 aliphatic heterocycles. The standard InChI is InChI=1S/C22H32N6O3/c1-22(2,3)27-20(29)16-24-21(23-9-4-11-28-12-5-10-25-28)26-17-7-8-18-19(15-17)31-14-6-13-30-18/h5,7-8,10,12,15H,4,6,9,11,13-14,16H2,1-3H3,(H,27,29)(H2,23,24,26). The molecule has 0 saturated carbocycles. The second-order valence-corrected chi connectivity index (χ2v) is 8.35. The molecule has 0 fully saturated rings. The van der Waals surface area contributed by atoms with Crippen molar-refractivity contribution < 1.29 is 14.3 Å². The van der Waals surface area contributed by atoms with Crippen LogP contribution < -0.4 is 25.4 Å². The highest BCUT2D eigenvalue weighted by atomic mass is 16.5. The lowest BCUT2D eigenvalue weighted by Gasteiger charge is -2.20. The number of benzene rings is 1. The Morgan fingerprint density at radius 2 is 2.03 bits per heavy atom. The molecule has 2 aromatic rings. The monoisotopic (exact) mass is 428 g/mol. The van der Waals surface area contributed by atoms with Crippen LogP contribution in [-0.4, -0.2) is 53.5 Å². The van der Waals surface area contributed by atoms with E-state index >= 15 is 0 Å². The Morgan fingerprint density at radius 1 is 1.23 bits per heavy atom. The maximum Gasteiger partial charge on any atom is 0.242 e. The molecule has 0 bridgehead atoms. The van der Waals surface area contributed by atoms with Gasteiger partial charge >= 0.3 is 0 Å². The molecule has 2 heterocycles. The Kier molecular flexibility index (Phi) is 7.75. The van der Waals surface area contributed by atoms with Crippen molar-refractivity contribution in [1.29, 1.82) is 0 Å². The molecule has 31 heavy (non-hydrogen) atoms. The lowest BCUT2D eigenvalue weighted by atomic mass is 10.1. The third kappa shape index (κ3) is 7.84. The van der Waals surface area contributed by atoms with E-state index in [4.69, 9.17) is 9.47 Å². The minimum absolute atomic E-state index is 0.0241. The fourth-order valence-corrected chi connectivity index (χ4v) is 3.01. The first-order chi connectivity index (χ1) is 14.9. The molecule has 0 unspecified atom stereocenters. The highest BCUT2D eigenvalue weighted by molar-refractivity contribution is 5.95. The number of anilines is 1. The second kappa shape index (κ2) is 10.7. The molecule has 9 heteroatoms. The predicted octanol–water partition coefficient (Wildman–Crippen LogP) is 2.41. The number of nitrogens with one attached hydrogen (secondary N) is 3. The maximum atomic E-state index is 12.2. The number of fused-ring (bicyclic) bond motifs is 1. The number of rotatable bonds is 7. The molecule has 3 rings (SSSR count). The third-order valence-electron chi connectivity index (χ3n) is 4.32. The molecule has 3 N–H and O–H groups in total. The van der Waals surface area contributed by atoms with Crippen LogP contribution in [0.4, 0.5) is 5.69 Å². The van der Waals surface area contributed by atoms with E-state index in [0.29, 0.717) is 31.5 Å². The lowest BCUT2D eigenvalue weighted by molar-refractivity contribution is -0.121. The van der Waals surface area contributed by atoms with Crippen LogP contribution in [0.1, 0.15) is 33.6 Å². The van der Waals surface area contributed by atoms with Gasteiger partial charge < -0.3 is 25.4 Å². The molecule has 1 aromatic carbocycles. The van der Waals surface area contributed by atoms with Crippen molar-refractivity contribution in [1.82, 2.24) is 20.4 Å². The highest BCUT2D eigenvalue weighted by Crippen LogP contribution is 2.32. The Hall–Kier alpha value is -3.23. The Labute approximate surface area is 183 Å². The summed E-state index contributed by atoms with van der Waals surface area (Å²) < 4.78 is 13.3. The van der Waals surface area contributed by atoms with Gasteiger partial charge in [0.25, 0.3) is 0 Å². The molecular weight excluding hydrogens is 396 g/mol. The van der Waals surface area contributed by atoms with Gasteiger partial charge in [-0.05, 0) is 45.4 Å². The summed E-state index contributed by atoms with van der Waals surface area (Å²) in [5.41, 5.74) is 0.505. The smallest absolute Gasteiger partial charge is 0.242 e. The number of hydrogen-bond acceptors (Lipinski definition) is 5. The van der Waals surface area contributed by atoms with Crippen LogP contribution in [0.5, 0.6) is 11.5 Å². The zero-order valence-electron chi connectivity index (χ0n) is 18.5. The van der Waals surface area contributed by atoms with E-state index in [1.165, 1.54) is 0 Å². The van der Waals surface area contributed by atoms with Crippen molar-refractivity contribution >= 4 is 17.6 Å². The van der Waals surface area contributed by atoms with Gasteiger partial charge in [-0.15, -0.1) is 0 Å². The van der Waals surface area contributed by atoms with E-state index in [2.05, 4.69) is 26.0 Å². The number of nitrogens with zero attached hydrogens (tertiary/aromatic N) is 3. The molecule has 0 atom stereocenters. The summed E-state index contributed by atoms with van der Waals surface area (Å²) in [6.07, 6.45) is 5.41. The van der Waals surface area contributed by atoms with E-state index in [0.717, 1.165) is 30.8 Å². The van der Waals surface area contributed by atoms with Crippen molar-refractivity contribution in [3.63, 3.8) is 0 Å². The number of aliphatic imine (C=N–C) groups is 1. The van der Waals surface area contributed by atoms with Crippen molar-refractivity contribution in [2.75, 3.05) is 31.6 Å². The molecule has 1 aromatic heterocycles. The van der Waals surface area contributed by atoms with Crippen molar-refractivity contribution in [2.24, 2.45) is 4.99 Å². The number of guanidine groups is 1.